The molecule has 0 fully saturated rings. The van der Waals surface area contributed by atoms with E-state index in [0.717, 1.165) is 16.2 Å². The van der Waals surface area contributed by atoms with Crippen molar-refractivity contribution in [2.75, 3.05) is 0 Å². The highest BCUT2D eigenvalue weighted by Gasteiger charge is 2.20. The third-order valence-electron chi connectivity index (χ3n) is 4.21. The molecule has 3 aromatic heterocycles. The zero-order chi connectivity index (χ0) is 18.5. The van der Waals surface area contributed by atoms with Crippen molar-refractivity contribution < 1.29 is 9.21 Å². The van der Waals surface area contributed by atoms with E-state index in [1.54, 1.807) is 39.6 Å². The van der Waals surface area contributed by atoms with Gasteiger partial charge in [-0.3, -0.25) is 9.48 Å². The summed E-state index contributed by atoms with van der Waals surface area (Å²) in [7, 11) is 0. The molecule has 0 saturated heterocycles. The number of hydrogen-bond donors (Lipinski definition) is 0. The van der Waals surface area contributed by atoms with Gasteiger partial charge in [0, 0.05) is 11.1 Å². The molecule has 1 amide bonds. The Morgan fingerprint density at radius 1 is 1.07 bits per heavy atom. The minimum Gasteiger partial charge on any atom is -0.467 e. The molecule has 0 aliphatic heterocycles. The molecule has 0 radical (unpaired) electrons. The Kier molecular flexibility index (Phi) is 5.16. The van der Waals surface area contributed by atoms with Crippen LogP contribution in [0.2, 0.25) is 0 Å². The van der Waals surface area contributed by atoms with Gasteiger partial charge in [0.25, 0.3) is 5.91 Å². The summed E-state index contributed by atoms with van der Waals surface area (Å²) in [4.78, 5) is 16.0. The molecule has 0 aliphatic rings. The van der Waals surface area contributed by atoms with Gasteiger partial charge in [0.15, 0.2) is 0 Å². The largest absolute Gasteiger partial charge is 0.467 e. The Bertz CT molecular complexity index is 940. The molecule has 0 unspecified atom stereocenters. The van der Waals surface area contributed by atoms with Crippen LogP contribution >= 0.6 is 11.3 Å². The van der Waals surface area contributed by atoms with Gasteiger partial charge in [0.1, 0.15) is 5.76 Å². The fraction of sp³-hybridized carbons (Fsp3) is 0.143. The van der Waals surface area contributed by atoms with E-state index in [1.807, 2.05) is 60.0 Å². The van der Waals surface area contributed by atoms with E-state index >= 15 is 0 Å². The molecule has 5 nitrogen and oxygen atoms in total. The summed E-state index contributed by atoms with van der Waals surface area (Å²) in [5, 5.41) is 6.37. The molecule has 0 spiro atoms. The lowest BCUT2D eigenvalue weighted by molar-refractivity contribution is 0.0719. The van der Waals surface area contributed by atoms with E-state index in [-0.39, 0.29) is 5.91 Å². The Balaban J connectivity index is 1.52. The summed E-state index contributed by atoms with van der Waals surface area (Å²) in [5.74, 6) is 0.704. The lowest BCUT2D eigenvalue weighted by Gasteiger charge is -2.20. The Morgan fingerprint density at radius 3 is 2.70 bits per heavy atom. The molecule has 4 aromatic rings. The van der Waals surface area contributed by atoms with Crippen molar-refractivity contribution in [1.29, 1.82) is 0 Å². The van der Waals surface area contributed by atoms with Crippen LogP contribution in [0.15, 0.2) is 83.1 Å². The SMILES string of the molecule is O=C(c1cnn(Cc2ccccc2)c1)N(Cc1ccco1)Cc1cccs1. The standard InChI is InChI=1S/C21H19N3O2S/c25-21(18-12-22-24(14-18)13-17-6-2-1-3-7-17)23(15-19-8-4-10-26-19)16-20-9-5-11-27-20/h1-12,14H,13,15-16H2. The Labute approximate surface area is 161 Å². The summed E-state index contributed by atoms with van der Waals surface area (Å²) in [6.45, 7) is 1.60. The zero-order valence-electron chi connectivity index (χ0n) is 14.7. The predicted molar refractivity (Wildman–Crippen MR) is 104 cm³/mol. The minimum absolute atomic E-state index is 0.0564. The number of furan rings is 1. The Hall–Kier alpha value is -3.12. The molecule has 4 rings (SSSR count). The smallest absolute Gasteiger partial charge is 0.257 e. The van der Waals surface area contributed by atoms with Crippen molar-refractivity contribution in [2.45, 2.75) is 19.6 Å². The maximum Gasteiger partial charge on any atom is 0.257 e. The molecule has 0 aliphatic carbocycles. The highest BCUT2D eigenvalue weighted by molar-refractivity contribution is 7.09. The summed E-state index contributed by atoms with van der Waals surface area (Å²) in [6.07, 6.45) is 5.06. The molecule has 1 aromatic carbocycles. The number of carbonyl (C=O) groups is 1. The number of aromatic nitrogens is 2. The van der Waals surface area contributed by atoms with E-state index in [2.05, 4.69) is 5.10 Å². The monoisotopic (exact) mass is 377 g/mol. The van der Waals surface area contributed by atoms with Crippen molar-refractivity contribution in [1.82, 2.24) is 14.7 Å². The molecule has 0 atom stereocenters. The molecule has 0 N–H and O–H groups in total. The van der Waals surface area contributed by atoms with Crippen LogP contribution in [0.3, 0.4) is 0 Å². The van der Waals surface area contributed by atoms with Gasteiger partial charge in [-0.05, 0) is 29.1 Å². The molecular formula is C21H19N3O2S. The molecule has 27 heavy (non-hydrogen) atoms. The number of nitrogens with zero attached hydrogens (tertiary/aromatic N) is 3. The van der Waals surface area contributed by atoms with Crippen LogP contribution in [0.5, 0.6) is 0 Å². The van der Waals surface area contributed by atoms with Gasteiger partial charge in [0.05, 0.1) is 37.7 Å². The van der Waals surface area contributed by atoms with Crippen molar-refractivity contribution in [3.05, 3.63) is 100 Å². The summed E-state index contributed by atoms with van der Waals surface area (Å²) in [6, 6.07) is 17.8. The maximum atomic E-state index is 13.1. The number of amides is 1. The fourth-order valence-electron chi connectivity index (χ4n) is 2.89. The van der Waals surface area contributed by atoms with Crippen molar-refractivity contribution in [2.24, 2.45) is 0 Å². The van der Waals surface area contributed by atoms with Crippen LogP contribution in [0.4, 0.5) is 0 Å². The van der Waals surface area contributed by atoms with Crippen molar-refractivity contribution in [3.63, 3.8) is 0 Å². The predicted octanol–water partition coefficient (Wildman–Crippen LogP) is 4.43. The molecule has 3 heterocycles. The van der Waals surface area contributed by atoms with Crippen LogP contribution in [0, 0.1) is 0 Å². The van der Waals surface area contributed by atoms with Gasteiger partial charge in [-0.1, -0.05) is 36.4 Å². The van der Waals surface area contributed by atoms with E-state index in [0.29, 0.717) is 25.2 Å². The molecule has 6 heteroatoms. The number of benzene rings is 1. The number of thiophene rings is 1. The van der Waals surface area contributed by atoms with Gasteiger partial charge in [0.2, 0.25) is 0 Å². The van der Waals surface area contributed by atoms with E-state index < -0.39 is 0 Å². The first-order chi connectivity index (χ1) is 13.3. The second-order valence-electron chi connectivity index (χ2n) is 6.23. The van der Waals surface area contributed by atoms with E-state index in [1.165, 1.54) is 0 Å². The summed E-state index contributed by atoms with van der Waals surface area (Å²) in [5.41, 5.74) is 1.72. The number of rotatable bonds is 7. The van der Waals surface area contributed by atoms with Gasteiger partial charge >= 0.3 is 0 Å². The first-order valence-corrected chi connectivity index (χ1v) is 9.56. The Morgan fingerprint density at radius 2 is 1.96 bits per heavy atom. The molecule has 0 saturated carbocycles. The molecule has 136 valence electrons. The number of carbonyl (C=O) groups excluding carboxylic acids is 1. The topological polar surface area (TPSA) is 51.3 Å². The zero-order valence-corrected chi connectivity index (χ0v) is 15.5. The molecular weight excluding hydrogens is 358 g/mol. The van der Waals surface area contributed by atoms with E-state index in [9.17, 15) is 4.79 Å². The summed E-state index contributed by atoms with van der Waals surface area (Å²) < 4.78 is 7.23. The van der Waals surface area contributed by atoms with Crippen LogP contribution in [0.1, 0.15) is 26.6 Å². The lowest BCUT2D eigenvalue weighted by Crippen LogP contribution is -2.29. The summed E-state index contributed by atoms with van der Waals surface area (Å²) >= 11 is 1.64. The van der Waals surface area contributed by atoms with E-state index in [4.69, 9.17) is 4.42 Å². The minimum atomic E-state index is -0.0564. The van der Waals surface area contributed by atoms with Crippen LogP contribution in [-0.2, 0) is 19.6 Å². The highest BCUT2D eigenvalue weighted by atomic mass is 32.1. The van der Waals surface area contributed by atoms with Crippen LogP contribution in [-0.4, -0.2) is 20.6 Å². The second kappa shape index (κ2) is 8.05. The van der Waals surface area contributed by atoms with Gasteiger partial charge in [-0.15, -0.1) is 11.3 Å². The highest BCUT2D eigenvalue weighted by Crippen LogP contribution is 2.17. The third-order valence-corrected chi connectivity index (χ3v) is 5.07. The second-order valence-corrected chi connectivity index (χ2v) is 7.26. The van der Waals surface area contributed by atoms with Gasteiger partial charge in [-0.25, -0.2) is 0 Å². The van der Waals surface area contributed by atoms with Crippen molar-refractivity contribution >= 4 is 17.2 Å². The quantitative estimate of drug-likeness (QED) is 0.479. The van der Waals surface area contributed by atoms with Gasteiger partial charge in [-0.2, -0.15) is 5.10 Å². The first-order valence-electron chi connectivity index (χ1n) is 8.68. The van der Waals surface area contributed by atoms with Gasteiger partial charge < -0.3 is 9.32 Å². The maximum absolute atomic E-state index is 13.1. The van der Waals surface area contributed by atoms with Crippen molar-refractivity contribution in [3.8, 4) is 0 Å². The average Bonchev–Trinajstić information content (AvgIpc) is 3.45. The lowest BCUT2D eigenvalue weighted by atomic mass is 10.2. The van der Waals surface area contributed by atoms with Crippen LogP contribution in [0.25, 0.3) is 0 Å². The first kappa shape index (κ1) is 17.3. The fourth-order valence-corrected chi connectivity index (χ4v) is 3.61. The third kappa shape index (κ3) is 4.35. The normalized spacial score (nSPS) is 10.8. The average molecular weight is 377 g/mol. The van der Waals surface area contributed by atoms with Crippen LogP contribution < -0.4 is 0 Å². The molecule has 0 bridgehead atoms. The number of hydrogen-bond acceptors (Lipinski definition) is 4.